The third kappa shape index (κ3) is 59.6. The van der Waals surface area contributed by atoms with E-state index >= 15 is 0 Å². The topological polar surface area (TPSA) is 78.9 Å². The molecule has 6 nitrogen and oxygen atoms in total. The van der Waals surface area contributed by atoms with Gasteiger partial charge in [0, 0.05) is 19.3 Å². The highest BCUT2D eigenvalue weighted by Gasteiger charge is 2.19. The summed E-state index contributed by atoms with van der Waals surface area (Å²) < 4.78 is 16.9. The van der Waals surface area contributed by atoms with Gasteiger partial charge in [0.25, 0.3) is 0 Å². The fourth-order valence-corrected chi connectivity index (χ4v) is 8.89. The van der Waals surface area contributed by atoms with Crippen LogP contribution in [0.5, 0.6) is 0 Å². The lowest BCUT2D eigenvalue weighted by atomic mass is 10.1. The molecule has 6 heteroatoms. The minimum Gasteiger partial charge on any atom is -0.462 e. The van der Waals surface area contributed by atoms with Gasteiger partial charge in [-0.15, -0.1) is 0 Å². The van der Waals surface area contributed by atoms with Crippen molar-refractivity contribution < 1.29 is 28.6 Å². The molecule has 0 unspecified atom stereocenters. The molecule has 422 valence electrons. The number of esters is 3. The molecule has 0 aliphatic carbocycles. The highest BCUT2D eigenvalue weighted by atomic mass is 16.6. The van der Waals surface area contributed by atoms with E-state index in [2.05, 4.69) is 93.7 Å². The third-order valence-electron chi connectivity index (χ3n) is 13.7. The molecule has 0 aromatic carbocycles. The zero-order valence-electron chi connectivity index (χ0n) is 48.4. The number of unbranched alkanes of at least 4 members (excludes halogenated alkanes) is 34. The van der Waals surface area contributed by atoms with Gasteiger partial charge in [0.1, 0.15) is 13.2 Å². The first kappa shape index (κ1) is 69.8. The summed E-state index contributed by atoms with van der Waals surface area (Å²) in [7, 11) is 0. The first-order valence-corrected chi connectivity index (χ1v) is 31.4. The molecule has 1 atom stereocenters. The molecule has 0 aromatic heterocycles. The van der Waals surface area contributed by atoms with Gasteiger partial charge in [-0.1, -0.05) is 254 Å². The van der Waals surface area contributed by atoms with Crippen molar-refractivity contribution in [2.45, 2.75) is 322 Å². The summed E-state index contributed by atoms with van der Waals surface area (Å²) in [4.78, 5) is 38.3. The van der Waals surface area contributed by atoms with Crippen molar-refractivity contribution in [1.29, 1.82) is 0 Å². The zero-order valence-corrected chi connectivity index (χ0v) is 48.4. The van der Waals surface area contributed by atoms with Crippen LogP contribution in [-0.2, 0) is 28.6 Å². The maximum absolute atomic E-state index is 12.9. The zero-order chi connectivity index (χ0) is 52.9. The van der Waals surface area contributed by atoms with E-state index in [0.29, 0.717) is 19.3 Å². The van der Waals surface area contributed by atoms with Gasteiger partial charge in [-0.25, -0.2) is 0 Å². The van der Waals surface area contributed by atoms with Crippen LogP contribution in [0.3, 0.4) is 0 Å². The van der Waals surface area contributed by atoms with E-state index in [0.717, 1.165) is 83.5 Å². The smallest absolute Gasteiger partial charge is 0.306 e. The lowest BCUT2D eigenvalue weighted by Gasteiger charge is -2.18. The number of carbonyl (C=O) groups is 3. The van der Waals surface area contributed by atoms with E-state index in [1.54, 1.807) is 0 Å². The molecule has 0 radical (unpaired) electrons. The summed E-state index contributed by atoms with van der Waals surface area (Å²) >= 11 is 0. The van der Waals surface area contributed by atoms with Crippen molar-refractivity contribution >= 4 is 17.9 Å². The molecule has 0 amide bonds. The maximum atomic E-state index is 12.9. The van der Waals surface area contributed by atoms with Crippen molar-refractivity contribution in [3.8, 4) is 0 Å². The largest absolute Gasteiger partial charge is 0.462 e. The Balaban J connectivity index is 4.43. The lowest BCUT2D eigenvalue weighted by Crippen LogP contribution is -2.30. The van der Waals surface area contributed by atoms with Gasteiger partial charge in [0.05, 0.1) is 0 Å². The molecule has 73 heavy (non-hydrogen) atoms. The normalized spacial score (nSPS) is 12.5. The van der Waals surface area contributed by atoms with E-state index in [4.69, 9.17) is 14.2 Å². The number of ether oxygens (including phenoxy) is 3. The first-order chi connectivity index (χ1) is 36.0. The molecular weight excluding hydrogens is 901 g/mol. The van der Waals surface area contributed by atoms with Crippen LogP contribution in [0.25, 0.3) is 0 Å². The molecule has 0 spiro atoms. The second-order valence-electron chi connectivity index (χ2n) is 21.0. The van der Waals surface area contributed by atoms with Crippen LogP contribution in [0.1, 0.15) is 316 Å². The minimum absolute atomic E-state index is 0.0872. The highest BCUT2D eigenvalue weighted by molar-refractivity contribution is 5.71. The third-order valence-corrected chi connectivity index (χ3v) is 13.7. The number of rotatable bonds is 57. The average Bonchev–Trinajstić information content (AvgIpc) is 3.39. The van der Waals surface area contributed by atoms with E-state index in [9.17, 15) is 14.4 Å². The van der Waals surface area contributed by atoms with Crippen LogP contribution in [0.2, 0.25) is 0 Å². The minimum atomic E-state index is -0.793. The fourth-order valence-electron chi connectivity index (χ4n) is 8.89. The number of hydrogen-bond donors (Lipinski definition) is 0. The van der Waals surface area contributed by atoms with Gasteiger partial charge in [-0.3, -0.25) is 14.4 Å². The van der Waals surface area contributed by atoms with Gasteiger partial charge in [-0.05, 0) is 116 Å². The molecule has 0 bridgehead atoms. The van der Waals surface area contributed by atoms with Gasteiger partial charge >= 0.3 is 17.9 Å². The Labute approximate surface area is 453 Å². The Morgan fingerprint density at radius 3 is 0.822 bits per heavy atom. The number of hydrogen-bond acceptors (Lipinski definition) is 6. The summed E-state index contributed by atoms with van der Waals surface area (Å²) in [6.45, 7) is 6.61. The van der Waals surface area contributed by atoms with Gasteiger partial charge in [-0.2, -0.15) is 0 Å². The van der Waals surface area contributed by atoms with Crippen molar-refractivity contribution in [3.63, 3.8) is 0 Å². The Kier molecular flexibility index (Phi) is 58.7. The van der Waals surface area contributed by atoms with Gasteiger partial charge in [0.15, 0.2) is 6.10 Å². The Bertz CT molecular complexity index is 1360. The van der Waals surface area contributed by atoms with Crippen molar-refractivity contribution in [2.75, 3.05) is 13.2 Å². The summed E-state index contributed by atoms with van der Waals surface area (Å²) in [6, 6.07) is 0. The Morgan fingerprint density at radius 2 is 0.493 bits per heavy atom. The van der Waals surface area contributed by atoms with E-state index in [-0.39, 0.29) is 31.1 Å². The maximum Gasteiger partial charge on any atom is 0.306 e. The molecule has 0 saturated heterocycles. The van der Waals surface area contributed by atoms with Crippen LogP contribution in [-0.4, -0.2) is 37.2 Å². The van der Waals surface area contributed by atoms with Gasteiger partial charge in [0.2, 0.25) is 0 Å². The molecule has 0 aliphatic rings. The summed E-state index contributed by atoms with van der Waals surface area (Å²) in [6.07, 6.45) is 78.9. The molecular formula is C67H118O6. The monoisotopic (exact) mass is 1020 g/mol. The van der Waals surface area contributed by atoms with Crippen LogP contribution < -0.4 is 0 Å². The average molecular weight is 1020 g/mol. The first-order valence-electron chi connectivity index (χ1n) is 31.4. The van der Waals surface area contributed by atoms with Crippen LogP contribution >= 0.6 is 0 Å². The van der Waals surface area contributed by atoms with Crippen molar-refractivity contribution in [2.24, 2.45) is 0 Å². The predicted octanol–water partition coefficient (Wildman–Crippen LogP) is 21.3. The molecule has 0 heterocycles. The van der Waals surface area contributed by atoms with Crippen LogP contribution in [0, 0.1) is 0 Å². The molecule has 0 fully saturated rings. The second-order valence-corrected chi connectivity index (χ2v) is 21.0. The van der Waals surface area contributed by atoms with Gasteiger partial charge < -0.3 is 14.2 Å². The molecule has 0 aliphatic heterocycles. The second kappa shape index (κ2) is 61.4. The molecule has 0 rings (SSSR count). The summed E-state index contributed by atoms with van der Waals surface area (Å²) in [5, 5.41) is 0. The Hall–Kier alpha value is -3.15. The van der Waals surface area contributed by atoms with E-state index in [1.807, 2.05) is 0 Å². The van der Waals surface area contributed by atoms with E-state index < -0.39 is 6.10 Å². The highest BCUT2D eigenvalue weighted by Crippen LogP contribution is 2.16. The van der Waals surface area contributed by atoms with Crippen molar-refractivity contribution in [3.05, 3.63) is 72.9 Å². The molecule has 0 saturated carbocycles. The van der Waals surface area contributed by atoms with Crippen LogP contribution in [0.15, 0.2) is 72.9 Å². The predicted molar refractivity (Wildman–Crippen MR) is 316 cm³/mol. The van der Waals surface area contributed by atoms with Crippen LogP contribution in [0.4, 0.5) is 0 Å². The summed E-state index contributed by atoms with van der Waals surface area (Å²) in [5.41, 5.74) is 0. The Morgan fingerprint density at radius 1 is 0.274 bits per heavy atom. The van der Waals surface area contributed by atoms with Crippen molar-refractivity contribution in [1.82, 2.24) is 0 Å². The molecule has 0 aromatic rings. The lowest BCUT2D eigenvalue weighted by molar-refractivity contribution is -0.167. The molecule has 0 N–H and O–H groups in total. The quantitative estimate of drug-likeness (QED) is 0.0261. The summed E-state index contributed by atoms with van der Waals surface area (Å²) in [5.74, 6) is -0.912. The standard InChI is InChI=1S/C67H118O6/c1-4-7-10-13-16-19-22-25-28-31-33-36-38-41-44-47-50-53-56-59-65(68)71-62-64(73-67(70)61-58-55-52-49-46-43-40-35-30-27-24-21-18-15-12-9-6-3)63-72-66(69)60-57-54-51-48-45-42-39-37-34-32-29-26-23-20-17-14-11-8-5-2/h16,19,25-30,33,36,41,44,64H,4-15,17-18,20-24,31-32,34-35,37-40,42-43,45-63H2,1-3H3/b19-16-,28-25-,29-26-,30-27-,36-33-,44-41-/t64-/m1/s1. The number of allylic oxidation sites excluding steroid dienone is 12. The SMILES string of the molecule is CCCCC/C=C\C/C=C\C/C=C\C/C=C\CCCCCC(=O)OC[C@H](COC(=O)CCCCCCCCCCC/C=C\CCCCCCCC)OC(=O)CCCCCCCCC/C=C\CCCCCCCC. The fraction of sp³-hybridized carbons (Fsp3) is 0.776. The van der Waals surface area contributed by atoms with E-state index in [1.165, 1.54) is 193 Å². The number of carbonyl (C=O) groups excluding carboxylic acids is 3.